The summed E-state index contributed by atoms with van der Waals surface area (Å²) in [5.41, 5.74) is 1.09. The molecule has 0 bridgehead atoms. The summed E-state index contributed by atoms with van der Waals surface area (Å²) in [4.78, 5) is 28.4. The number of hydrogen-bond donors (Lipinski definition) is 1. The molecule has 0 saturated heterocycles. The van der Waals surface area contributed by atoms with Crippen molar-refractivity contribution in [1.29, 1.82) is 5.26 Å². The predicted octanol–water partition coefficient (Wildman–Crippen LogP) is 3.62. The van der Waals surface area contributed by atoms with Gasteiger partial charge in [0.15, 0.2) is 0 Å². The van der Waals surface area contributed by atoms with Gasteiger partial charge < -0.3 is 14.6 Å². The summed E-state index contributed by atoms with van der Waals surface area (Å²) in [6.07, 6.45) is 1.36. The molecule has 0 atom stereocenters. The lowest BCUT2D eigenvalue weighted by Gasteiger charge is -2.19. The highest BCUT2D eigenvalue weighted by Gasteiger charge is 2.18. The molecule has 0 aliphatic rings. The number of carbonyl (C=O) groups is 1. The minimum Gasteiger partial charge on any atom is -0.457 e. The number of nitriles is 1. The Labute approximate surface area is 162 Å². The first kappa shape index (κ1) is 18.9. The molecule has 6 heteroatoms. The van der Waals surface area contributed by atoms with Crippen LogP contribution in [0.15, 0.2) is 65.6 Å². The van der Waals surface area contributed by atoms with Gasteiger partial charge in [-0.1, -0.05) is 30.3 Å². The van der Waals surface area contributed by atoms with Gasteiger partial charge in [0.25, 0.3) is 11.5 Å². The molecule has 28 heavy (non-hydrogen) atoms. The molecule has 1 N–H and O–H groups in total. The molecule has 6 nitrogen and oxygen atoms in total. The Balaban J connectivity index is 1.71. The van der Waals surface area contributed by atoms with Crippen molar-refractivity contribution in [3.05, 3.63) is 93.4 Å². The predicted molar refractivity (Wildman–Crippen MR) is 105 cm³/mol. The summed E-state index contributed by atoms with van der Waals surface area (Å²) in [5.74, 6) is 1.19. The van der Waals surface area contributed by atoms with Crippen LogP contribution in [-0.2, 0) is 6.54 Å². The third kappa shape index (κ3) is 4.10. The van der Waals surface area contributed by atoms with Crippen LogP contribution < -0.4 is 10.3 Å². The van der Waals surface area contributed by atoms with Crippen LogP contribution in [0.2, 0.25) is 0 Å². The van der Waals surface area contributed by atoms with Crippen molar-refractivity contribution in [2.24, 2.45) is 0 Å². The number of amides is 1. The molecule has 0 aliphatic carbocycles. The molecule has 1 aromatic heterocycles. The number of H-pyrrole nitrogens is 1. The number of aromatic amines is 1. The molecular weight excluding hydrogens is 354 g/mol. The van der Waals surface area contributed by atoms with Gasteiger partial charge in [-0.05, 0) is 42.3 Å². The first-order chi connectivity index (χ1) is 13.5. The van der Waals surface area contributed by atoms with Crippen LogP contribution in [0, 0.1) is 18.3 Å². The summed E-state index contributed by atoms with van der Waals surface area (Å²) in [5, 5.41) is 9.10. The zero-order chi connectivity index (χ0) is 20.1. The SMILES string of the molecule is Cc1c(C(=O)N(C)Cc2ccc(Oc3ccccc3)cc2)c[nH]c(=O)c1C#N. The Kier molecular flexibility index (Phi) is 5.56. The van der Waals surface area contributed by atoms with Gasteiger partial charge in [-0.3, -0.25) is 9.59 Å². The number of pyridine rings is 1. The van der Waals surface area contributed by atoms with E-state index in [4.69, 9.17) is 10.00 Å². The third-order valence-corrected chi connectivity index (χ3v) is 4.36. The number of benzene rings is 2. The second-order valence-corrected chi connectivity index (χ2v) is 6.36. The van der Waals surface area contributed by atoms with E-state index in [0.29, 0.717) is 23.4 Å². The van der Waals surface area contributed by atoms with Gasteiger partial charge in [0.2, 0.25) is 0 Å². The van der Waals surface area contributed by atoms with Gasteiger partial charge in [0, 0.05) is 19.8 Å². The van der Waals surface area contributed by atoms with Crippen molar-refractivity contribution in [3.63, 3.8) is 0 Å². The van der Waals surface area contributed by atoms with Gasteiger partial charge in [-0.2, -0.15) is 5.26 Å². The molecule has 1 amide bonds. The van der Waals surface area contributed by atoms with Gasteiger partial charge in [-0.15, -0.1) is 0 Å². The molecule has 0 radical (unpaired) electrons. The van der Waals surface area contributed by atoms with E-state index in [1.165, 1.54) is 11.1 Å². The molecule has 0 saturated carbocycles. The topological polar surface area (TPSA) is 86.2 Å². The molecule has 1 heterocycles. The van der Waals surface area contributed by atoms with Gasteiger partial charge in [-0.25, -0.2) is 0 Å². The summed E-state index contributed by atoms with van der Waals surface area (Å²) in [6, 6.07) is 18.8. The van der Waals surface area contributed by atoms with Crippen molar-refractivity contribution in [2.45, 2.75) is 13.5 Å². The van der Waals surface area contributed by atoms with E-state index in [1.807, 2.05) is 60.7 Å². The second kappa shape index (κ2) is 8.23. The lowest BCUT2D eigenvalue weighted by Crippen LogP contribution is -2.28. The Morgan fingerprint density at radius 2 is 1.75 bits per heavy atom. The normalized spacial score (nSPS) is 10.2. The Morgan fingerprint density at radius 1 is 1.11 bits per heavy atom. The number of hydrogen-bond acceptors (Lipinski definition) is 4. The van der Waals surface area contributed by atoms with Crippen molar-refractivity contribution >= 4 is 5.91 Å². The van der Waals surface area contributed by atoms with Crippen LogP contribution in [0.4, 0.5) is 0 Å². The molecule has 0 fully saturated rings. The van der Waals surface area contributed by atoms with Crippen molar-refractivity contribution < 1.29 is 9.53 Å². The molecule has 0 spiro atoms. The van der Waals surface area contributed by atoms with E-state index in [1.54, 1.807) is 14.0 Å². The van der Waals surface area contributed by atoms with Crippen LogP contribution in [-0.4, -0.2) is 22.8 Å². The van der Waals surface area contributed by atoms with E-state index in [0.717, 1.165) is 11.3 Å². The first-order valence-electron chi connectivity index (χ1n) is 8.69. The van der Waals surface area contributed by atoms with Crippen molar-refractivity contribution in [2.75, 3.05) is 7.05 Å². The molecular formula is C22H19N3O3. The van der Waals surface area contributed by atoms with Gasteiger partial charge >= 0.3 is 0 Å². The minimum absolute atomic E-state index is 0.0401. The number of para-hydroxylation sites is 1. The second-order valence-electron chi connectivity index (χ2n) is 6.36. The largest absolute Gasteiger partial charge is 0.457 e. The standard InChI is InChI=1S/C22H19N3O3/c1-15-19(12-23)21(26)24-13-20(15)22(27)25(2)14-16-8-10-18(11-9-16)28-17-6-4-3-5-7-17/h3-11,13H,14H2,1-2H3,(H,24,26). The number of ether oxygens (including phenoxy) is 1. The molecule has 3 aromatic rings. The maximum absolute atomic E-state index is 12.7. The van der Waals surface area contributed by atoms with E-state index >= 15 is 0 Å². The average Bonchev–Trinajstić information content (AvgIpc) is 2.70. The highest BCUT2D eigenvalue weighted by atomic mass is 16.5. The monoisotopic (exact) mass is 373 g/mol. The number of nitrogens with zero attached hydrogens (tertiary/aromatic N) is 2. The lowest BCUT2D eigenvalue weighted by atomic mass is 10.1. The number of rotatable bonds is 5. The van der Waals surface area contributed by atoms with E-state index in [-0.39, 0.29) is 11.5 Å². The fraction of sp³-hybridized carbons (Fsp3) is 0.136. The summed E-state index contributed by atoms with van der Waals surface area (Å²) >= 11 is 0. The van der Waals surface area contributed by atoms with Crippen LogP contribution in [0.1, 0.15) is 27.0 Å². The Bertz CT molecular complexity index is 1080. The summed E-state index contributed by atoms with van der Waals surface area (Å²) in [6.45, 7) is 1.98. The highest BCUT2D eigenvalue weighted by Crippen LogP contribution is 2.22. The Hall–Kier alpha value is -3.85. The summed E-state index contributed by atoms with van der Waals surface area (Å²) in [7, 11) is 1.67. The maximum atomic E-state index is 12.7. The van der Waals surface area contributed by atoms with E-state index in [2.05, 4.69) is 4.98 Å². The molecule has 2 aromatic carbocycles. The fourth-order valence-corrected chi connectivity index (χ4v) is 2.82. The molecule has 0 aliphatic heterocycles. The fourth-order valence-electron chi connectivity index (χ4n) is 2.82. The van der Waals surface area contributed by atoms with Crippen molar-refractivity contribution in [1.82, 2.24) is 9.88 Å². The highest BCUT2D eigenvalue weighted by molar-refractivity contribution is 5.95. The molecule has 3 rings (SSSR count). The minimum atomic E-state index is -0.492. The summed E-state index contributed by atoms with van der Waals surface area (Å²) < 4.78 is 5.76. The maximum Gasteiger partial charge on any atom is 0.266 e. The Morgan fingerprint density at radius 3 is 2.39 bits per heavy atom. The number of carbonyl (C=O) groups excluding carboxylic acids is 1. The van der Waals surface area contributed by atoms with Crippen LogP contribution in [0.5, 0.6) is 11.5 Å². The lowest BCUT2D eigenvalue weighted by molar-refractivity contribution is 0.0784. The first-order valence-corrected chi connectivity index (χ1v) is 8.69. The van der Waals surface area contributed by atoms with Crippen LogP contribution >= 0.6 is 0 Å². The van der Waals surface area contributed by atoms with Crippen molar-refractivity contribution in [3.8, 4) is 17.6 Å². The average molecular weight is 373 g/mol. The van der Waals surface area contributed by atoms with Gasteiger partial charge in [0.1, 0.15) is 23.1 Å². The smallest absolute Gasteiger partial charge is 0.266 e. The molecule has 0 unspecified atom stereocenters. The zero-order valence-electron chi connectivity index (χ0n) is 15.6. The third-order valence-electron chi connectivity index (χ3n) is 4.36. The quantitative estimate of drug-likeness (QED) is 0.740. The van der Waals surface area contributed by atoms with Gasteiger partial charge in [0.05, 0.1) is 5.56 Å². The van der Waals surface area contributed by atoms with E-state index in [9.17, 15) is 9.59 Å². The zero-order valence-corrected chi connectivity index (χ0v) is 15.6. The number of nitrogens with one attached hydrogen (secondary N) is 1. The van der Waals surface area contributed by atoms with E-state index < -0.39 is 5.56 Å². The van der Waals surface area contributed by atoms with Crippen LogP contribution in [0.3, 0.4) is 0 Å². The number of aromatic nitrogens is 1. The van der Waals surface area contributed by atoms with Crippen LogP contribution in [0.25, 0.3) is 0 Å². The molecule has 140 valence electrons.